The van der Waals surface area contributed by atoms with Crippen LogP contribution in [-0.2, 0) is 19.6 Å². The van der Waals surface area contributed by atoms with Crippen molar-refractivity contribution in [3.8, 4) is 0 Å². The van der Waals surface area contributed by atoms with Gasteiger partial charge in [0.05, 0.1) is 12.1 Å². The van der Waals surface area contributed by atoms with Crippen LogP contribution in [0, 0.1) is 5.82 Å². The Kier molecular flexibility index (Phi) is 2.93. The molecule has 0 radical (unpaired) electrons. The van der Waals surface area contributed by atoms with Crippen LogP contribution >= 0.6 is 0 Å². The van der Waals surface area contributed by atoms with Crippen LogP contribution in [0.25, 0.3) is 10.9 Å². The van der Waals surface area contributed by atoms with E-state index in [2.05, 4.69) is 19.4 Å². The first-order valence-corrected chi connectivity index (χ1v) is 7.05. The number of hydrogen-bond acceptors (Lipinski definition) is 3. The number of aromatic nitrogens is 3. The molecule has 5 heteroatoms. The van der Waals surface area contributed by atoms with Gasteiger partial charge in [-0.3, -0.25) is 9.88 Å². The molecular formula is C16H15FN4. The summed E-state index contributed by atoms with van der Waals surface area (Å²) in [6, 6.07) is 6.87. The van der Waals surface area contributed by atoms with Gasteiger partial charge in [-0.1, -0.05) is 6.07 Å². The second-order valence-corrected chi connectivity index (χ2v) is 5.39. The highest BCUT2D eigenvalue weighted by atomic mass is 19.1. The van der Waals surface area contributed by atoms with Crippen LogP contribution in [0.5, 0.6) is 0 Å². The zero-order valence-corrected chi connectivity index (χ0v) is 11.5. The molecule has 0 saturated carbocycles. The van der Waals surface area contributed by atoms with Crippen LogP contribution in [0.15, 0.2) is 42.9 Å². The maximum absolute atomic E-state index is 13.8. The SMILES string of the molecule is Fc1cc(CN2CCn3ccnc3C2)c2ncccc2c1. The molecule has 0 atom stereocenters. The largest absolute Gasteiger partial charge is 0.333 e. The Balaban J connectivity index is 1.66. The van der Waals surface area contributed by atoms with E-state index in [-0.39, 0.29) is 5.82 Å². The molecule has 0 N–H and O–H groups in total. The highest BCUT2D eigenvalue weighted by Gasteiger charge is 2.18. The lowest BCUT2D eigenvalue weighted by Gasteiger charge is -2.27. The third-order valence-corrected chi connectivity index (χ3v) is 3.97. The molecule has 4 nitrogen and oxygen atoms in total. The number of fused-ring (bicyclic) bond motifs is 2. The summed E-state index contributed by atoms with van der Waals surface area (Å²) in [5.74, 6) is 0.860. The molecule has 0 bridgehead atoms. The third kappa shape index (κ3) is 2.29. The maximum Gasteiger partial charge on any atom is 0.124 e. The van der Waals surface area contributed by atoms with Crippen LogP contribution < -0.4 is 0 Å². The fourth-order valence-corrected chi connectivity index (χ4v) is 2.95. The number of halogens is 1. The molecule has 0 spiro atoms. The lowest BCUT2D eigenvalue weighted by atomic mass is 10.1. The lowest BCUT2D eigenvalue weighted by Crippen LogP contribution is -2.33. The molecule has 2 aromatic heterocycles. The van der Waals surface area contributed by atoms with Gasteiger partial charge in [-0.15, -0.1) is 0 Å². The molecule has 0 amide bonds. The summed E-state index contributed by atoms with van der Waals surface area (Å²) < 4.78 is 15.9. The van der Waals surface area contributed by atoms with Crippen molar-refractivity contribution in [2.24, 2.45) is 0 Å². The summed E-state index contributed by atoms with van der Waals surface area (Å²) in [5, 5.41) is 0.853. The van der Waals surface area contributed by atoms with Gasteiger partial charge in [0.1, 0.15) is 11.6 Å². The number of pyridine rings is 1. The van der Waals surface area contributed by atoms with Gasteiger partial charge < -0.3 is 4.57 Å². The van der Waals surface area contributed by atoms with E-state index in [4.69, 9.17) is 0 Å². The number of imidazole rings is 1. The van der Waals surface area contributed by atoms with Gasteiger partial charge in [-0.25, -0.2) is 9.37 Å². The highest BCUT2D eigenvalue weighted by molar-refractivity contribution is 5.81. The van der Waals surface area contributed by atoms with E-state index in [0.717, 1.165) is 41.9 Å². The molecule has 4 rings (SSSR count). The predicted molar refractivity (Wildman–Crippen MR) is 78.0 cm³/mol. The van der Waals surface area contributed by atoms with Crippen molar-refractivity contribution in [2.75, 3.05) is 6.54 Å². The lowest BCUT2D eigenvalue weighted by molar-refractivity contribution is 0.209. The molecular weight excluding hydrogens is 267 g/mol. The Morgan fingerprint density at radius 3 is 3.05 bits per heavy atom. The third-order valence-electron chi connectivity index (χ3n) is 3.97. The zero-order valence-electron chi connectivity index (χ0n) is 11.5. The van der Waals surface area contributed by atoms with Gasteiger partial charge in [0, 0.05) is 43.6 Å². The predicted octanol–water partition coefficient (Wildman–Crippen LogP) is 2.59. The van der Waals surface area contributed by atoms with Crippen molar-refractivity contribution < 1.29 is 4.39 Å². The standard InChI is InChI=1S/C16H15FN4/c17-14-8-12-2-1-3-19-16(12)13(9-14)10-20-6-7-21-5-4-18-15(21)11-20/h1-5,8-9H,6-7,10-11H2. The van der Waals surface area contributed by atoms with Gasteiger partial charge in [0.15, 0.2) is 0 Å². The molecule has 3 heterocycles. The van der Waals surface area contributed by atoms with Crippen molar-refractivity contribution in [3.63, 3.8) is 0 Å². The van der Waals surface area contributed by atoms with E-state index < -0.39 is 0 Å². The molecule has 21 heavy (non-hydrogen) atoms. The Labute approximate surface area is 121 Å². The molecule has 3 aromatic rings. The summed E-state index contributed by atoms with van der Waals surface area (Å²) >= 11 is 0. The zero-order chi connectivity index (χ0) is 14.2. The van der Waals surface area contributed by atoms with Gasteiger partial charge in [-0.2, -0.15) is 0 Å². The number of benzene rings is 1. The molecule has 106 valence electrons. The average molecular weight is 282 g/mol. The number of rotatable bonds is 2. The molecule has 0 saturated heterocycles. The fraction of sp³-hybridized carbons (Fsp3) is 0.250. The average Bonchev–Trinajstić information content (AvgIpc) is 2.94. The van der Waals surface area contributed by atoms with Crippen molar-refractivity contribution in [1.82, 2.24) is 19.4 Å². The van der Waals surface area contributed by atoms with Crippen LogP contribution in [0.2, 0.25) is 0 Å². The monoisotopic (exact) mass is 282 g/mol. The maximum atomic E-state index is 13.8. The molecule has 0 unspecified atom stereocenters. The summed E-state index contributed by atoms with van der Waals surface area (Å²) in [7, 11) is 0. The van der Waals surface area contributed by atoms with Crippen molar-refractivity contribution in [3.05, 3.63) is 60.1 Å². The Bertz CT molecular complexity index is 796. The van der Waals surface area contributed by atoms with E-state index in [1.165, 1.54) is 6.07 Å². The second-order valence-electron chi connectivity index (χ2n) is 5.39. The van der Waals surface area contributed by atoms with Crippen LogP contribution in [0.4, 0.5) is 4.39 Å². The minimum atomic E-state index is -0.205. The first-order valence-electron chi connectivity index (χ1n) is 7.05. The van der Waals surface area contributed by atoms with E-state index in [1.807, 2.05) is 24.5 Å². The Hall–Kier alpha value is -2.27. The second kappa shape index (κ2) is 4.93. The quantitative estimate of drug-likeness (QED) is 0.724. The molecule has 1 aromatic carbocycles. The van der Waals surface area contributed by atoms with Gasteiger partial charge in [-0.05, 0) is 23.8 Å². The first kappa shape index (κ1) is 12.5. The fourth-order valence-electron chi connectivity index (χ4n) is 2.95. The summed E-state index contributed by atoms with van der Waals surface area (Å²) in [5.41, 5.74) is 1.82. The molecule has 1 aliphatic rings. The van der Waals surface area contributed by atoms with Crippen LogP contribution in [0.1, 0.15) is 11.4 Å². The number of hydrogen-bond donors (Lipinski definition) is 0. The van der Waals surface area contributed by atoms with Crippen molar-refractivity contribution >= 4 is 10.9 Å². The molecule has 1 aliphatic heterocycles. The van der Waals surface area contributed by atoms with Crippen LogP contribution in [0.3, 0.4) is 0 Å². The minimum Gasteiger partial charge on any atom is -0.333 e. The summed E-state index contributed by atoms with van der Waals surface area (Å²) in [6.45, 7) is 3.35. The normalized spacial score (nSPS) is 15.3. The van der Waals surface area contributed by atoms with Gasteiger partial charge in [0.25, 0.3) is 0 Å². The van der Waals surface area contributed by atoms with Crippen molar-refractivity contribution in [2.45, 2.75) is 19.6 Å². The van der Waals surface area contributed by atoms with Gasteiger partial charge in [0.2, 0.25) is 0 Å². The summed E-state index contributed by atoms with van der Waals surface area (Å²) in [4.78, 5) is 11.1. The van der Waals surface area contributed by atoms with Crippen LogP contribution in [-0.4, -0.2) is 26.0 Å². The van der Waals surface area contributed by atoms with Crippen molar-refractivity contribution in [1.29, 1.82) is 0 Å². The topological polar surface area (TPSA) is 34.0 Å². The molecule has 0 aliphatic carbocycles. The van der Waals surface area contributed by atoms with E-state index in [9.17, 15) is 4.39 Å². The Morgan fingerprint density at radius 2 is 2.10 bits per heavy atom. The Morgan fingerprint density at radius 1 is 1.14 bits per heavy atom. The summed E-state index contributed by atoms with van der Waals surface area (Å²) in [6.07, 6.45) is 5.59. The number of nitrogens with zero attached hydrogens (tertiary/aromatic N) is 4. The highest BCUT2D eigenvalue weighted by Crippen LogP contribution is 2.21. The van der Waals surface area contributed by atoms with E-state index in [1.54, 1.807) is 12.3 Å². The van der Waals surface area contributed by atoms with E-state index >= 15 is 0 Å². The van der Waals surface area contributed by atoms with E-state index in [0.29, 0.717) is 6.54 Å². The smallest absolute Gasteiger partial charge is 0.124 e. The first-order chi connectivity index (χ1) is 10.3. The van der Waals surface area contributed by atoms with Gasteiger partial charge >= 0.3 is 0 Å². The molecule has 0 fully saturated rings. The minimum absolute atomic E-state index is 0.205.